The first-order valence-electron chi connectivity index (χ1n) is 38.1. The van der Waals surface area contributed by atoms with Crippen LogP contribution in [0.2, 0.25) is 0 Å². The molecule has 0 unspecified atom stereocenters. The van der Waals surface area contributed by atoms with Gasteiger partial charge >= 0.3 is 0 Å². The molecule has 9 nitrogen and oxygen atoms in total. The summed E-state index contributed by atoms with van der Waals surface area (Å²) in [6, 6.07) is 1.52. The van der Waals surface area contributed by atoms with Gasteiger partial charge in [-0.15, -0.1) is 43.7 Å². The topological polar surface area (TPSA) is 66.7 Å². The van der Waals surface area contributed by atoms with Gasteiger partial charge < -0.3 is 27.4 Å². The minimum Gasteiger partial charge on any atom is -0.312 e. The number of imidazole rings is 3. The molecule has 3 heterocycles. The fourth-order valence-electron chi connectivity index (χ4n) is 16.3. The predicted molar refractivity (Wildman–Crippen MR) is 400 cm³/mol. The van der Waals surface area contributed by atoms with Crippen LogP contribution in [0.15, 0.2) is 14.3 Å². The zero-order valence-electron chi connectivity index (χ0n) is 70.7. The van der Waals surface area contributed by atoms with E-state index in [4.69, 9.17) is 14.3 Å². The normalized spacial score (nSPS) is 12.2. The standard InChI is InChI=1S/C33H60N9P.2C24BF20/c1-19(2)37-25(13)26(14)38(20(3)4)31(37)34-43(35-32-39(21(5)6)27(15)28(16)40(32)22(7)8)36-33-41(23(9)10)29(17)30(18)42(33)24(11)12;2*26-5-1(6(27)14(35)21(42)13(5)34)25(2-7(28)15(36)22(43)16(37)8(2)29,3-9(30)17(38)23(44)18(39)10(3)31)4-11(32)19(40)24(45)20(41)12(4)33/h19-24H,1-18H3;;/q;2*-1. The molecule has 0 amide bonds. The van der Waals surface area contributed by atoms with Gasteiger partial charge in [0, 0.05) is 70.4 Å². The molecule has 0 atom stereocenters. The van der Waals surface area contributed by atoms with Crippen LogP contribution in [0.1, 0.15) is 153 Å². The van der Waals surface area contributed by atoms with E-state index in [-0.39, 0.29) is 36.3 Å². The van der Waals surface area contributed by atoms with Gasteiger partial charge in [0.1, 0.15) is 105 Å². The molecule has 0 aliphatic carbocycles. The van der Waals surface area contributed by atoms with Crippen LogP contribution in [0.25, 0.3) is 0 Å². The van der Waals surface area contributed by atoms with Crippen molar-refractivity contribution >= 4 is 64.4 Å². The maximum absolute atomic E-state index is 15.4. The highest BCUT2D eigenvalue weighted by Crippen LogP contribution is 2.41. The Hall–Kier alpha value is -11.5. The molecule has 133 heavy (non-hydrogen) atoms. The maximum atomic E-state index is 15.4. The van der Waals surface area contributed by atoms with Gasteiger partial charge in [-0.3, -0.25) is 0 Å². The lowest BCUT2D eigenvalue weighted by Crippen LogP contribution is -2.81. The van der Waals surface area contributed by atoms with Gasteiger partial charge in [-0.25, -0.2) is 176 Å². The average Bonchev–Trinajstić information content (AvgIpc) is 0.696. The van der Waals surface area contributed by atoms with Gasteiger partial charge in [-0.05, 0) is 125 Å². The van der Waals surface area contributed by atoms with Gasteiger partial charge in [0.25, 0.3) is 8.37 Å². The smallest absolute Gasteiger partial charge is 0.278 e. The predicted octanol–water partition coefficient (Wildman–Crippen LogP) is 19.9. The first-order valence-corrected chi connectivity index (χ1v) is 39.3. The number of hydrogen-bond donors (Lipinski definition) is 0. The molecule has 52 heteroatoms. The highest BCUT2D eigenvalue weighted by molar-refractivity contribution is 7.52. The quantitative estimate of drug-likeness (QED) is 0.0287. The number of halogens is 40. The van der Waals surface area contributed by atoms with E-state index in [1.807, 2.05) is 0 Å². The molecular formula is C81H60B2F40N9P-2. The average molecular weight is 1970 g/mol. The fraction of sp³-hybridized carbons (Fsp3) is 0.296. The van der Waals surface area contributed by atoms with Gasteiger partial charge in [-0.1, -0.05) is 0 Å². The fourth-order valence-corrected chi connectivity index (χ4v) is 17.5. The number of hydrogen-bond acceptors (Lipinski definition) is 3. The van der Waals surface area contributed by atoms with Crippen molar-refractivity contribution in [2.75, 3.05) is 0 Å². The summed E-state index contributed by atoms with van der Waals surface area (Å²) in [5, 5.41) is 0. The number of rotatable bonds is 17. The Kier molecular flexibility index (Phi) is 29.9. The van der Waals surface area contributed by atoms with Crippen molar-refractivity contribution in [1.82, 2.24) is 27.4 Å². The molecule has 8 aromatic carbocycles. The molecule has 0 bridgehead atoms. The van der Waals surface area contributed by atoms with E-state index in [1.54, 1.807) is 0 Å². The molecule has 11 aromatic rings. The summed E-state index contributed by atoms with van der Waals surface area (Å²) >= 11 is 0. The Morgan fingerprint density at radius 2 is 0.226 bits per heavy atom. The summed E-state index contributed by atoms with van der Waals surface area (Å²) in [6.07, 6.45) is -14.4. The molecule has 0 N–H and O–H groups in total. The summed E-state index contributed by atoms with van der Waals surface area (Å²) in [5.41, 5.74) is -18.4. The summed E-state index contributed by atoms with van der Waals surface area (Å²) in [7, 11) is -1.58. The largest absolute Gasteiger partial charge is 0.312 e. The SMILES string of the molecule is Cc1c(C)n(C(C)C)c(=NP(N=c2n(C(C)C)c(C)c(C)n2C(C)C)N=c2n(C(C)C)c(C)c(C)n2C(C)C)n1C(C)C.Fc1c(F)c(F)c([B-](c2c(F)c(F)c(F)c(F)c2F)(c2c(F)c(F)c(F)c(F)c2F)c2c(F)c(F)c(F)c(F)c2F)c(F)c1F.Fc1c(F)c(F)c([B-](c2c(F)c(F)c(F)c(F)c2F)(c2c(F)c(F)c(F)c(F)c2F)c2c(F)c(F)c(F)c(F)c2F)c(F)c1F. The summed E-state index contributed by atoms with van der Waals surface area (Å²) in [4.78, 5) is 0. The summed E-state index contributed by atoms with van der Waals surface area (Å²) in [5.74, 6) is -143. The molecule has 0 radical (unpaired) electrons. The Labute approximate surface area is 724 Å². The molecule has 0 saturated heterocycles. The highest BCUT2D eigenvalue weighted by Gasteiger charge is 2.55. The molecule has 0 aliphatic heterocycles. The first-order chi connectivity index (χ1) is 61.2. The van der Waals surface area contributed by atoms with Crippen molar-refractivity contribution in [3.8, 4) is 0 Å². The van der Waals surface area contributed by atoms with Crippen LogP contribution in [0, 0.1) is 274 Å². The van der Waals surface area contributed by atoms with Crippen LogP contribution in [-0.2, 0) is 0 Å². The van der Waals surface area contributed by atoms with Crippen LogP contribution in [0.3, 0.4) is 0 Å². The molecular weight excluding hydrogens is 1910 g/mol. The zero-order chi connectivity index (χ0) is 102. The summed E-state index contributed by atoms with van der Waals surface area (Å²) in [6.45, 7) is 40.1. The van der Waals surface area contributed by atoms with E-state index in [1.165, 1.54) is 34.2 Å². The Morgan fingerprint density at radius 3 is 0.301 bits per heavy atom. The Bertz CT molecular complexity index is 5530. The monoisotopic (exact) mass is 1970 g/mol. The van der Waals surface area contributed by atoms with Crippen LogP contribution in [-0.4, -0.2) is 39.7 Å². The van der Waals surface area contributed by atoms with E-state index >= 15 is 70.2 Å². The molecule has 0 aliphatic rings. The molecule has 722 valence electrons. The number of nitrogens with zero attached hydrogens (tertiary/aromatic N) is 9. The molecule has 0 saturated carbocycles. The number of aromatic nitrogens is 6. The first kappa shape index (κ1) is 105. The third-order valence-corrected chi connectivity index (χ3v) is 23.2. The van der Waals surface area contributed by atoms with Crippen molar-refractivity contribution in [2.45, 2.75) is 161 Å². The number of benzene rings is 8. The third kappa shape index (κ3) is 16.1. The maximum Gasteiger partial charge on any atom is 0.278 e. The van der Waals surface area contributed by atoms with E-state index < -0.39 is 297 Å². The molecule has 0 fully saturated rings. The molecule has 3 aromatic heterocycles. The highest BCUT2D eigenvalue weighted by atomic mass is 31.1. The van der Waals surface area contributed by atoms with Crippen molar-refractivity contribution in [3.63, 3.8) is 0 Å². The van der Waals surface area contributed by atoms with Crippen molar-refractivity contribution in [1.29, 1.82) is 0 Å². The van der Waals surface area contributed by atoms with Gasteiger partial charge in [0.05, 0.1) is 0 Å². The molecule has 11 rings (SSSR count). The lowest BCUT2D eigenvalue weighted by atomic mass is 9.12. The third-order valence-electron chi connectivity index (χ3n) is 22.1. The van der Waals surface area contributed by atoms with Crippen LogP contribution in [0.5, 0.6) is 0 Å². The lowest BCUT2D eigenvalue weighted by molar-refractivity contribution is 0.377. The van der Waals surface area contributed by atoms with E-state index in [2.05, 4.69) is 152 Å². The Balaban J connectivity index is 0.000000224. The lowest BCUT2D eigenvalue weighted by Gasteiger charge is -2.44. The van der Waals surface area contributed by atoms with Crippen molar-refractivity contribution in [3.05, 3.63) is 284 Å². The summed E-state index contributed by atoms with van der Waals surface area (Å²) < 4.78 is 619. The minimum atomic E-state index is -7.22. The second-order valence-corrected chi connectivity index (χ2v) is 32.5. The van der Waals surface area contributed by atoms with E-state index in [0.29, 0.717) is 0 Å². The van der Waals surface area contributed by atoms with Crippen molar-refractivity contribution in [2.24, 2.45) is 14.3 Å². The zero-order valence-corrected chi connectivity index (χ0v) is 71.6. The minimum absolute atomic E-state index is 0.253. The van der Waals surface area contributed by atoms with Gasteiger partial charge in [0.15, 0.2) is 140 Å². The van der Waals surface area contributed by atoms with Gasteiger partial charge in [-0.2, -0.15) is 14.3 Å². The van der Waals surface area contributed by atoms with Gasteiger partial charge in [0.2, 0.25) is 16.9 Å². The second kappa shape index (κ2) is 37.8. The van der Waals surface area contributed by atoms with Crippen molar-refractivity contribution < 1.29 is 176 Å². The Morgan fingerprint density at radius 1 is 0.150 bits per heavy atom. The van der Waals surface area contributed by atoms with Crippen LogP contribution in [0.4, 0.5) is 176 Å². The second-order valence-electron chi connectivity index (χ2n) is 31.4. The van der Waals surface area contributed by atoms with E-state index in [9.17, 15) is 105 Å². The van der Waals surface area contributed by atoms with Crippen LogP contribution >= 0.6 is 8.37 Å². The van der Waals surface area contributed by atoms with Crippen LogP contribution < -0.4 is 60.6 Å². The van der Waals surface area contributed by atoms with E-state index in [0.717, 1.165) is 16.9 Å². The molecule has 0 spiro atoms.